The zero-order chi connectivity index (χ0) is 16.4. The highest BCUT2D eigenvalue weighted by molar-refractivity contribution is 5.96. The summed E-state index contributed by atoms with van der Waals surface area (Å²) in [5, 5.41) is 12.3. The lowest BCUT2D eigenvalue weighted by molar-refractivity contribution is 0.0961. The van der Waals surface area contributed by atoms with Gasteiger partial charge in [-0.2, -0.15) is 4.80 Å². The number of ketones is 1. The summed E-state index contributed by atoms with van der Waals surface area (Å²) in [5.74, 6) is 0.550. The van der Waals surface area contributed by atoms with Crippen LogP contribution in [-0.2, 0) is 19.4 Å². The van der Waals surface area contributed by atoms with E-state index in [1.165, 1.54) is 28.8 Å². The molecule has 0 N–H and O–H groups in total. The van der Waals surface area contributed by atoms with Crippen molar-refractivity contribution in [2.45, 2.75) is 32.2 Å². The second-order valence-electron chi connectivity index (χ2n) is 6.12. The molecule has 1 aromatic heterocycles. The SMILES string of the molecule is O=C(Cn1nnc(-c2ccccc2)n1)c1ccc2c(c1)CCCC2. The van der Waals surface area contributed by atoms with Gasteiger partial charge in [-0.1, -0.05) is 42.5 Å². The normalized spacial score (nSPS) is 13.5. The first-order chi connectivity index (χ1) is 11.8. The lowest BCUT2D eigenvalue weighted by Gasteiger charge is -2.16. The standard InChI is InChI=1S/C19H18N4O/c24-18(17-11-10-14-6-4-5-9-16(14)12-17)13-23-21-19(20-22-23)15-7-2-1-3-8-15/h1-3,7-8,10-12H,4-6,9,13H2. The zero-order valence-electron chi connectivity index (χ0n) is 13.4. The lowest BCUT2D eigenvalue weighted by atomic mass is 9.90. The van der Waals surface area contributed by atoms with Crippen molar-refractivity contribution in [3.8, 4) is 11.4 Å². The van der Waals surface area contributed by atoms with Gasteiger partial charge in [0.15, 0.2) is 5.78 Å². The third-order valence-corrected chi connectivity index (χ3v) is 4.44. The molecule has 0 atom stereocenters. The molecule has 5 nitrogen and oxygen atoms in total. The fraction of sp³-hybridized carbons (Fsp3) is 0.263. The Morgan fingerprint density at radius 1 is 1.00 bits per heavy atom. The summed E-state index contributed by atoms with van der Waals surface area (Å²) in [7, 11) is 0. The van der Waals surface area contributed by atoms with E-state index in [2.05, 4.69) is 21.5 Å². The molecule has 0 aliphatic heterocycles. The van der Waals surface area contributed by atoms with E-state index >= 15 is 0 Å². The van der Waals surface area contributed by atoms with Crippen LogP contribution in [0.2, 0.25) is 0 Å². The Kier molecular flexibility index (Phi) is 3.91. The van der Waals surface area contributed by atoms with Gasteiger partial charge >= 0.3 is 0 Å². The zero-order valence-corrected chi connectivity index (χ0v) is 13.4. The highest BCUT2D eigenvalue weighted by Crippen LogP contribution is 2.22. The number of benzene rings is 2. The molecule has 5 heteroatoms. The minimum atomic E-state index is 0.0142. The van der Waals surface area contributed by atoms with Gasteiger partial charge < -0.3 is 0 Å². The number of aryl methyl sites for hydroxylation is 2. The second-order valence-corrected chi connectivity index (χ2v) is 6.12. The molecule has 0 fully saturated rings. The number of carbonyl (C=O) groups is 1. The summed E-state index contributed by atoms with van der Waals surface area (Å²) in [6.07, 6.45) is 4.63. The number of hydrogen-bond acceptors (Lipinski definition) is 4. The molecule has 120 valence electrons. The molecule has 0 spiro atoms. The Morgan fingerprint density at radius 3 is 2.62 bits per heavy atom. The van der Waals surface area contributed by atoms with Crippen molar-refractivity contribution in [1.82, 2.24) is 20.2 Å². The second kappa shape index (κ2) is 6.35. The van der Waals surface area contributed by atoms with Gasteiger partial charge in [0.25, 0.3) is 0 Å². The van der Waals surface area contributed by atoms with Crippen molar-refractivity contribution in [1.29, 1.82) is 0 Å². The van der Waals surface area contributed by atoms with Crippen LogP contribution in [0.5, 0.6) is 0 Å². The Morgan fingerprint density at radius 2 is 1.79 bits per heavy atom. The lowest BCUT2D eigenvalue weighted by Crippen LogP contribution is -2.14. The van der Waals surface area contributed by atoms with Gasteiger partial charge in [-0.05, 0) is 48.1 Å². The highest BCUT2D eigenvalue weighted by Gasteiger charge is 2.14. The first kappa shape index (κ1) is 14.8. The maximum atomic E-state index is 12.5. The smallest absolute Gasteiger partial charge is 0.204 e. The van der Waals surface area contributed by atoms with Crippen molar-refractivity contribution in [2.24, 2.45) is 0 Å². The summed E-state index contributed by atoms with van der Waals surface area (Å²) >= 11 is 0. The molecule has 24 heavy (non-hydrogen) atoms. The van der Waals surface area contributed by atoms with Gasteiger partial charge in [0, 0.05) is 11.1 Å². The van der Waals surface area contributed by atoms with E-state index in [4.69, 9.17) is 0 Å². The van der Waals surface area contributed by atoms with Gasteiger partial charge in [0.1, 0.15) is 6.54 Å². The number of aromatic nitrogens is 4. The van der Waals surface area contributed by atoms with Crippen LogP contribution in [0, 0.1) is 0 Å². The van der Waals surface area contributed by atoms with E-state index in [0.717, 1.165) is 24.0 Å². The molecule has 0 amide bonds. The Hall–Kier alpha value is -2.82. The molecular weight excluding hydrogens is 300 g/mol. The van der Waals surface area contributed by atoms with Crippen LogP contribution in [0.1, 0.15) is 34.3 Å². The van der Waals surface area contributed by atoms with Gasteiger partial charge in [-0.15, -0.1) is 10.2 Å². The maximum absolute atomic E-state index is 12.5. The van der Waals surface area contributed by atoms with Gasteiger partial charge in [0.05, 0.1) is 0 Å². The molecule has 4 rings (SSSR count). The number of hydrogen-bond donors (Lipinski definition) is 0. The van der Waals surface area contributed by atoms with Crippen molar-refractivity contribution in [2.75, 3.05) is 0 Å². The van der Waals surface area contributed by atoms with Crippen LogP contribution in [0.4, 0.5) is 0 Å². The molecule has 1 aliphatic rings. The third kappa shape index (κ3) is 2.97. The van der Waals surface area contributed by atoms with Gasteiger partial charge in [0.2, 0.25) is 5.82 Å². The predicted molar refractivity (Wildman–Crippen MR) is 90.7 cm³/mol. The van der Waals surface area contributed by atoms with Crippen molar-refractivity contribution < 1.29 is 4.79 Å². The van der Waals surface area contributed by atoms with E-state index in [1.807, 2.05) is 42.5 Å². The highest BCUT2D eigenvalue weighted by atomic mass is 16.1. The molecule has 3 aromatic rings. The fourth-order valence-corrected chi connectivity index (χ4v) is 3.14. The largest absolute Gasteiger partial charge is 0.292 e. The number of carbonyl (C=O) groups excluding carboxylic acids is 1. The Labute approximate surface area is 140 Å². The van der Waals surface area contributed by atoms with E-state index in [0.29, 0.717) is 5.82 Å². The minimum Gasteiger partial charge on any atom is -0.292 e. The monoisotopic (exact) mass is 318 g/mol. The summed E-state index contributed by atoms with van der Waals surface area (Å²) in [4.78, 5) is 13.9. The number of tetrazole rings is 1. The third-order valence-electron chi connectivity index (χ3n) is 4.44. The van der Waals surface area contributed by atoms with E-state index in [-0.39, 0.29) is 12.3 Å². The molecule has 1 heterocycles. The van der Waals surface area contributed by atoms with Crippen LogP contribution in [0.25, 0.3) is 11.4 Å². The molecule has 0 saturated heterocycles. The molecule has 0 bridgehead atoms. The maximum Gasteiger partial charge on any atom is 0.204 e. The number of nitrogens with zero attached hydrogens (tertiary/aromatic N) is 4. The van der Waals surface area contributed by atoms with E-state index < -0.39 is 0 Å². The van der Waals surface area contributed by atoms with Gasteiger partial charge in [-0.3, -0.25) is 4.79 Å². The quantitative estimate of drug-likeness (QED) is 0.694. The fourth-order valence-electron chi connectivity index (χ4n) is 3.14. The molecule has 0 saturated carbocycles. The van der Waals surface area contributed by atoms with Crippen molar-refractivity contribution >= 4 is 5.78 Å². The number of Topliss-reactive ketones (excluding diaryl/α,β-unsaturated/α-hetero) is 1. The minimum absolute atomic E-state index is 0.0142. The van der Waals surface area contributed by atoms with E-state index in [9.17, 15) is 4.79 Å². The average molecular weight is 318 g/mol. The van der Waals surface area contributed by atoms with Crippen LogP contribution in [-0.4, -0.2) is 26.0 Å². The van der Waals surface area contributed by atoms with Crippen LogP contribution in [0.15, 0.2) is 48.5 Å². The van der Waals surface area contributed by atoms with E-state index in [1.54, 1.807) is 0 Å². The topological polar surface area (TPSA) is 60.7 Å². The van der Waals surface area contributed by atoms with Crippen LogP contribution in [0.3, 0.4) is 0 Å². The molecular formula is C19H18N4O. The van der Waals surface area contributed by atoms with Crippen LogP contribution >= 0.6 is 0 Å². The van der Waals surface area contributed by atoms with Gasteiger partial charge in [-0.25, -0.2) is 0 Å². The summed E-state index contributed by atoms with van der Waals surface area (Å²) in [6, 6.07) is 15.7. The van der Waals surface area contributed by atoms with Crippen molar-refractivity contribution in [3.63, 3.8) is 0 Å². The Bertz CT molecular complexity index is 870. The van der Waals surface area contributed by atoms with Crippen molar-refractivity contribution in [3.05, 3.63) is 65.2 Å². The summed E-state index contributed by atoms with van der Waals surface area (Å²) < 4.78 is 0. The average Bonchev–Trinajstić information content (AvgIpc) is 3.10. The first-order valence-electron chi connectivity index (χ1n) is 8.28. The number of rotatable bonds is 4. The number of fused-ring (bicyclic) bond motifs is 1. The molecule has 2 aromatic carbocycles. The predicted octanol–water partition coefficient (Wildman–Crippen LogP) is 3.10. The Balaban J connectivity index is 1.51. The summed E-state index contributed by atoms with van der Waals surface area (Å²) in [6.45, 7) is 0.110. The summed E-state index contributed by atoms with van der Waals surface area (Å²) in [5.41, 5.74) is 4.31. The molecule has 1 aliphatic carbocycles. The molecule has 0 unspecified atom stereocenters. The molecule has 0 radical (unpaired) electrons. The van der Waals surface area contributed by atoms with Crippen LogP contribution < -0.4 is 0 Å². The first-order valence-corrected chi connectivity index (χ1v) is 8.28.